The summed E-state index contributed by atoms with van der Waals surface area (Å²) in [5, 5.41) is 5.43. The summed E-state index contributed by atoms with van der Waals surface area (Å²) in [6, 6.07) is 12.6. The van der Waals surface area contributed by atoms with Crippen molar-refractivity contribution in [2.45, 2.75) is 13.8 Å². The van der Waals surface area contributed by atoms with Gasteiger partial charge in [0.2, 0.25) is 0 Å². The lowest BCUT2D eigenvalue weighted by molar-refractivity contribution is 0.609. The molecule has 1 N–H and O–H groups in total. The number of rotatable bonds is 5. The fraction of sp³-hybridized carbons (Fsp3) is 0.118. The second-order valence-electron chi connectivity index (χ2n) is 5.46. The molecule has 0 atom stereocenters. The molecule has 128 valence electrons. The Morgan fingerprint density at radius 3 is 2.52 bits per heavy atom. The number of benzene rings is 1. The van der Waals surface area contributed by atoms with Gasteiger partial charge in [0.1, 0.15) is 12.1 Å². The molecule has 0 radical (unpaired) electrons. The molecule has 0 aliphatic rings. The molecule has 3 rings (SSSR count). The molecule has 7 nitrogen and oxygen atoms in total. The van der Waals surface area contributed by atoms with Crippen LogP contribution in [0.25, 0.3) is 11.9 Å². The van der Waals surface area contributed by atoms with Gasteiger partial charge in [0, 0.05) is 11.8 Å². The molecule has 2 heterocycles. The van der Waals surface area contributed by atoms with E-state index in [2.05, 4.69) is 19.8 Å². The molecule has 0 spiro atoms. The Hall–Kier alpha value is -3.00. The molecular weight excluding hydrogens is 338 g/mol. The molecular formula is C17H17N5O2S. The predicted molar refractivity (Wildman–Crippen MR) is 96.6 cm³/mol. The first-order valence-electron chi connectivity index (χ1n) is 7.54. The molecule has 0 aliphatic heterocycles. The van der Waals surface area contributed by atoms with Crippen LogP contribution in [0.2, 0.25) is 0 Å². The van der Waals surface area contributed by atoms with Crippen LogP contribution in [0.4, 0.5) is 5.82 Å². The minimum atomic E-state index is -3.69. The molecule has 3 aromatic rings. The van der Waals surface area contributed by atoms with Crippen LogP contribution in [-0.4, -0.2) is 28.2 Å². The maximum absolute atomic E-state index is 12.2. The first-order chi connectivity index (χ1) is 11.9. The third kappa shape index (κ3) is 4.30. The molecule has 0 fully saturated rings. The van der Waals surface area contributed by atoms with Crippen molar-refractivity contribution in [3.63, 3.8) is 0 Å². The Morgan fingerprint density at radius 2 is 1.84 bits per heavy atom. The first-order valence-corrected chi connectivity index (χ1v) is 9.09. The van der Waals surface area contributed by atoms with E-state index < -0.39 is 10.0 Å². The van der Waals surface area contributed by atoms with Crippen molar-refractivity contribution in [1.29, 1.82) is 0 Å². The van der Waals surface area contributed by atoms with Crippen molar-refractivity contribution in [3.05, 3.63) is 71.2 Å². The molecule has 2 aromatic heterocycles. The van der Waals surface area contributed by atoms with Crippen LogP contribution in [0.5, 0.6) is 0 Å². The Kier molecular flexibility index (Phi) is 4.62. The lowest BCUT2D eigenvalue weighted by atomic mass is 10.2. The topological polar surface area (TPSA) is 89.8 Å². The molecule has 25 heavy (non-hydrogen) atoms. The first kappa shape index (κ1) is 16.8. The lowest BCUT2D eigenvalue weighted by Crippen LogP contribution is -2.11. The highest BCUT2D eigenvalue weighted by Crippen LogP contribution is 2.14. The van der Waals surface area contributed by atoms with E-state index in [4.69, 9.17) is 0 Å². The molecule has 0 saturated carbocycles. The van der Waals surface area contributed by atoms with Gasteiger partial charge in [0.15, 0.2) is 5.82 Å². The van der Waals surface area contributed by atoms with Gasteiger partial charge in [0.25, 0.3) is 10.0 Å². The molecule has 8 heteroatoms. The van der Waals surface area contributed by atoms with Crippen LogP contribution >= 0.6 is 0 Å². The average Bonchev–Trinajstić information content (AvgIpc) is 2.92. The predicted octanol–water partition coefficient (Wildman–Crippen LogP) is 2.69. The van der Waals surface area contributed by atoms with Crippen molar-refractivity contribution in [3.8, 4) is 5.82 Å². The molecule has 0 saturated heterocycles. The Balaban J connectivity index is 1.82. The van der Waals surface area contributed by atoms with Crippen LogP contribution in [0, 0.1) is 13.8 Å². The van der Waals surface area contributed by atoms with Gasteiger partial charge in [-0.25, -0.2) is 23.1 Å². The molecule has 0 aliphatic carbocycles. The monoisotopic (exact) mass is 355 g/mol. The number of aryl methyl sites for hydroxylation is 2. The Morgan fingerprint density at radius 1 is 1.08 bits per heavy atom. The summed E-state index contributed by atoms with van der Waals surface area (Å²) >= 11 is 0. The van der Waals surface area contributed by atoms with E-state index in [1.807, 2.05) is 50.2 Å². The number of nitrogens with zero attached hydrogens (tertiary/aromatic N) is 4. The normalized spacial score (nSPS) is 11.8. The molecule has 0 amide bonds. The van der Waals surface area contributed by atoms with Gasteiger partial charge in [0.05, 0.1) is 11.1 Å². The fourth-order valence-electron chi connectivity index (χ4n) is 2.29. The van der Waals surface area contributed by atoms with Crippen molar-refractivity contribution >= 4 is 21.9 Å². The van der Waals surface area contributed by atoms with E-state index in [-0.39, 0.29) is 5.82 Å². The number of anilines is 1. The SMILES string of the molecule is Cc1cc(C)n(-c2cc(NS(=O)(=O)/C=C/c3ccccc3)ncn2)n1. The van der Waals surface area contributed by atoms with Gasteiger partial charge < -0.3 is 0 Å². The highest BCUT2D eigenvalue weighted by atomic mass is 32.2. The number of nitrogens with one attached hydrogen (secondary N) is 1. The largest absolute Gasteiger partial charge is 0.264 e. The molecule has 1 aromatic carbocycles. The lowest BCUT2D eigenvalue weighted by Gasteiger charge is -2.06. The van der Waals surface area contributed by atoms with Gasteiger partial charge in [-0.1, -0.05) is 30.3 Å². The standard InChI is InChI=1S/C17H17N5O2S/c1-13-10-14(2)22(20-13)17-11-16(18-12-19-17)21-25(23,24)9-8-15-6-4-3-5-7-15/h3-12H,1-2H3,(H,18,19,21)/b9-8+. The van der Waals surface area contributed by atoms with Crippen molar-refractivity contribution in [1.82, 2.24) is 19.7 Å². The molecule has 0 bridgehead atoms. The summed E-state index contributed by atoms with van der Waals surface area (Å²) in [6.45, 7) is 3.78. The van der Waals surface area contributed by atoms with Gasteiger partial charge in [-0.3, -0.25) is 4.72 Å². The summed E-state index contributed by atoms with van der Waals surface area (Å²) in [4.78, 5) is 8.11. The van der Waals surface area contributed by atoms with E-state index >= 15 is 0 Å². The van der Waals surface area contributed by atoms with Gasteiger partial charge in [-0.2, -0.15) is 5.10 Å². The average molecular weight is 355 g/mol. The van der Waals surface area contributed by atoms with E-state index in [1.165, 1.54) is 18.5 Å². The maximum atomic E-state index is 12.2. The second-order valence-corrected chi connectivity index (χ2v) is 7.03. The maximum Gasteiger partial charge on any atom is 0.256 e. The third-order valence-corrected chi connectivity index (χ3v) is 4.35. The van der Waals surface area contributed by atoms with Gasteiger partial charge >= 0.3 is 0 Å². The number of hydrogen-bond donors (Lipinski definition) is 1. The number of hydrogen-bond acceptors (Lipinski definition) is 5. The molecule has 0 unspecified atom stereocenters. The number of aromatic nitrogens is 4. The van der Waals surface area contributed by atoms with Crippen LogP contribution in [0.1, 0.15) is 17.0 Å². The fourth-order valence-corrected chi connectivity index (χ4v) is 3.10. The van der Waals surface area contributed by atoms with Crippen molar-refractivity contribution in [2.24, 2.45) is 0 Å². The van der Waals surface area contributed by atoms with Crippen LogP contribution < -0.4 is 4.72 Å². The smallest absolute Gasteiger partial charge is 0.256 e. The van der Waals surface area contributed by atoms with Crippen LogP contribution in [-0.2, 0) is 10.0 Å². The minimum Gasteiger partial charge on any atom is -0.264 e. The quantitative estimate of drug-likeness (QED) is 0.760. The number of sulfonamides is 1. The zero-order valence-corrected chi connectivity index (χ0v) is 14.6. The Labute approximate surface area is 146 Å². The highest BCUT2D eigenvalue weighted by molar-refractivity contribution is 7.95. The van der Waals surface area contributed by atoms with Crippen molar-refractivity contribution < 1.29 is 8.42 Å². The van der Waals surface area contributed by atoms with E-state index in [0.717, 1.165) is 22.4 Å². The van der Waals surface area contributed by atoms with Gasteiger partial charge in [-0.15, -0.1) is 0 Å². The summed E-state index contributed by atoms with van der Waals surface area (Å²) in [5.74, 6) is 0.667. The van der Waals surface area contributed by atoms with Crippen LogP contribution in [0.3, 0.4) is 0 Å². The van der Waals surface area contributed by atoms with Gasteiger partial charge in [-0.05, 0) is 31.6 Å². The van der Waals surface area contributed by atoms with Crippen LogP contribution in [0.15, 0.2) is 54.2 Å². The summed E-state index contributed by atoms with van der Waals surface area (Å²) in [5.41, 5.74) is 2.54. The Bertz CT molecular complexity index is 1010. The zero-order valence-electron chi connectivity index (χ0n) is 13.8. The summed E-state index contributed by atoms with van der Waals surface area (Å²) in [7, 11) is -3.69. The minimum absolute atomic E-state index is 0.176. The third-order valence-electron chi connectivity index (χ3n) is 3.37. The summed E-state index contributed by atoms with van der Waals surface area (Å²) in [6.07, 6.45) is 2.82. The van der Waals surface area contributed by atoms with E-state index in [0.29, 0.717) is 5.82 Å². The summed E-state index contributed by atoms with van der Waals surface area (Å²) < 4.78 is 28.5. The highest BCUT2D eigenvalue weighted by Gasteiger charge is 2.10. The van der Waals surface area contributed by atoms with E-state index in [1.54, 1.807) is 4.68 Å². The second kappa shape index (κ2) is 6.86. The van der Waals surface area contributed by atoms with E-state index in [9.17, 15) is 8.42 Å². The van der Waals surface area contributed by atoms with Crippen molar-refractivity contribution in [2.75, 3.05) is 4.72 Å². The zero-order chi connectivity index (χ0) is 17.9.